The molecule has 0 fully saturated rings. The zero-order chi connectivity index (χ0) is 14.6. The third kappa shape index (κ3) is 3.54. The van der Waals surface area contributed by atoms with E-state index in [-0.39, 0.29) is 0 Å². The number of fused-ring (bicyclic) bond motifs is 1. The van der Waals surface area contributed by atoms with E-state index in [0.29, 0.717) is 17.3 Å². The zero-order valence-corrected chi connectivity index (χ0v) is 13.5. The Morgan fingerprint density at radius 3 is 2.65 bits per heavy atom. The number of rotatable bonds is 7. The lowest BCUT2D eigenvalue weighted by Gasteiger charge is -2.17. The summed E-state index contributed by atoms with van der Waals surface area (Å²) >= 11 is 5.62. The minimum atomic E-state index is -3.35. The summed E-state index contributed by atoms with van der Waals surface area (Å²) in [6, 6.07) is 5.57. The van der Waals surface area contributed by atoms with Gasteiger partial charge in [0.15, 0.2) is 0 Å². The summed E-state index contributed by atoms with van der Waals surface area (Å²) in [5, 5.41) is 0. The number of nitrogens with zero attached hydrogens (tertiary/aromatic N) is 1. The van der Waals surface area contributed by atoms with Crippen molar-refractivity contribution in [1.29, 1.82) is 0 Å². The standard InChI is InChI=1S/C15H22ClNO2S/c1-17(11-4-2-3-10-16)20(18,19)15-9-8-13-6-5-7-14(13)12-15/h8-9,12H,2-7,10-11H2,1H3. The van der Waals surface area contributed by atoms with Gasteiger partial charge in [-0.2, -0.15) is 0 Å². The van der Waals surface area contributed by atoms with Gasteiger partial charge in [0.1, 0.15) is 0 Å². The SMILES string of the molecule is CN(CCCCCCl)S(=O)(=O)c1ccc2c(c1)CCC2. The van der Waals surface area contributed by atoms with Crippen molar-refractivity contribution in [2.75, 3.05) is 19.5 Å². The topological polar surface area (TPSA) is 37.4 Å². The fraction of sp³-hybridized carbons (Fsp3) is 0.600. The fourth-order valence-corrected chi connectivity index (χ4v) is 4.06. The number of aryl methyl sites for hydroxylation is 2. The van der Waals surface area contributed by atoms with Gasteiger partial charge in [-0.15, -0.1) is 11.6 Å². The van der Waals surface area contributed by atoms with E-state index in [1.807, 2.05) is 12.1 Å². The van der Waals surface area contributed by atoms with E-state index < -0.39 is 10.0 Å². The van der Waals surface area contributed by atoms with Crippen molar-refractivity contribution in [2.24, 2.45) is 0 Å². The van der Waals surface area contributed by atoms with Gasteiger partial charge in [0.05, 0.1) is 4.90 Å². The van der Waals surface area contributed by atoms with Crippen molar-refractivity contribution in [2.45, 2.75) is 43.4 Å². The molecule has 1 aromatic rings. The molecular weight excluding hydrogens is 294 g/mol. The smallest absolute Gasteiger partial charge is 0.207 e. The molecule has 0 N–H and O–H groups in total. The summed E-state index contributed by atoms with van der Waals surface area (Å²) in [5.41, 5.74) is 2.50. The van der Waals surface area contributed by atoms with Crippen LogP contribution >= 0.6 is 11.6 Å². The van der Waals surface area contributed by atoms with Gasteiger partial charge in [-0.05, 0) is 55.4 Å². The summed E-state index contributed by atoms with van der Waals surface area (Å²) in [4.78, 5) is 0.429. The molecule has 0 saturated heterocycles. The molecule has 3 nitrogen and oxygen atoms in total. The number of sulfonamides is 1. The number of benzene rings is 1. The molecule has 0 aliphatic heterocycles. The maximum absolute atomic E-state index is 12.5. The molecule has 0 bridgehead atoms. The van der Waals surface area contributed by atoms with E-state index in [1.165, 1.54) is 15.4 Å². The van der Waals surface area contributed by atoms with Gasteiger partial charge in [-0.3, -0.25) is 0 Å². The summed E-state index contributed by atoms with van der Waals surface area (Å²) in [6.45, 7) is 0.552. The third-order valence-electron chi connectivity index (χ3n) is 3.88. The Morgan fingerprint density at radius 2 is 1.90 bits per heavy atom. The molecule has 1 aliphatic carbocycles. The largest absolute Gasteiger partial charge is 0.242 e. The minimum absolute atomic E-state index is 0.429. The van der Waals surface area contributed by atoms with Crippen molar-refractivity contribution in [3.63, 3.8) is 0 Å². The van der Waals surface area contributed by atoms with Crippen LogP contribution in [0, 0.1) is 0 Å². The Kier molecular flexibility index (Phi) is 5.47. The predicted octanol–water partition coefficient (Wildman–Crippen LogP) is 3.20. The molecule has 0 spiro atoms. The van der Waals surface area contributed by atoms with Crippen molar-refractivity contribution >= 4 is 21.6 Å². The van der Waals surface area contributed by atoms with Crippen molar-refractivity contribution in [3.8, 4) is 0 Å². The van der Waals surface area contributed by atoms with E-state index in [1.54, 1.807) is 13.1 Å². The monoisotopic (exact) mass is 315 g/mol. The predicted molar refractivity (Wildman–Crippen MR) is 82.9 cm³/mol. The highest BCUT2D eigenvalue weighted by molar-refractivity contribution is 7.89. The van der Waals surface area contributed by atoms with Gasteiger partial charge in [0.2, 0.25) is 10.0 Å². The van der Waals surface area contributed by atoms with Crippen LogP contribution in [0.25, 0.3) is 0 Å². The van der Waals surface area contributed by atoms with Crippen LogP contribution in [0.1, 0.15) is 36.8 Å². The van der Waals surface area contributed by atoms with Gasteiger partial charge >= 0.3 is 0 Å². The number of unbranched alkanes of at least 4 members (excludes halogenated alkanes) is 2. The molecule has 0 aromatic heterocycles. The highest BCUT2D eigenvalue weighted by atomic mass is 35.5. The molecule has 1 aliphatic rings. The zero-order valence-electron chi connectivity index (χ0n) is 11.9. The lowest BCUT2D eigenvalue weighted by molar-refractivity contribution is 0.454. The van der Waals surface area contributed by atoms with Crippen LogP contribution in [0.4, 0.5) is 0 Å². The second-order valence-corrected chi connectivity index (χ2v) is 7.78. The molecular formula is C15H22ClNO2S. The van der Waals surface area contributed by atoms with Crippen molar-refractivity contribution < 1.29 is 8.42 Å². The Morgan fingerprint density at radius 1 is 1.15 bits per heavy atom. The number of alkyl halides is 1. The molecule has 0 unspecified atom stereocenters. The van der Waals surface area contributed by atoms with Crippen LogP contribution in [0.5, 0.6) is 0 Å². The quantitative estimate of drug-likeness (QED) is 0.572. The molecule has 2 rings (SSSR count). The van der Waals surface area contributed by atoms with E-state index in [0.717, 1.165) is 38.5 Å². The lowest BCUT2D eigenvalue weighted by Crippen LogP contribution is -2.28. The maximum Gasteiger partial charge on any atom is 0.242 e. The Balaban J connectivity index is 2.05. The molecule has 20 heavy (non-hydrogen) atoms. The van der Waals surface area contributed by atoms with E-state index >= 15 is 0 Å². The van der Waals surface area contributed by atoms with Gasteiger partial charge in [-0.1, -0.05) is 12.5 Å². The maximum atomic E-state index is 12.5. The number of hydrogen-bond acceptors (Lipinski definition) is 2. The first-order chi connectivity index (χ1) is 9.55. The van der Waals surface area contributed by atoms with Crippen LogP contribution in [0.3, 0.4) is 0 Å². The van der Waals surface area contributed by atoms with Gasteiger partial charge in [0, 0.05) is 19.5 Å². The highest BCUT2D eigenvalue weighted by Crippen LogP contribution is 2.26. The average molecular weight is 316 g/mol. The Bertz CT molecular complexity index is 557. The van der Waals surface area contributed by atoms with Crippen LogP contribution in [-0.2, 0) is 22.9 Å². The van der Waals surface area contributed by atoms with Gasteiger partial charge in [-0.25, -0.2) is 12.7 Å². The molecule has 1 aromatic carbocycles. The number of hydrogen-bond donors (Lipinski definition) is 0. The Hall–Kier alpha value is -0.580. The third-order valence-corrected chi connectivity index (χ3v) is 6.00. The van der Waals surface area contributed by atoms with Gasteiger partial charge < -0.3 is 0 Å². The number of halogens is 1. The van der Waals surface area contributed by atoms with Crippen LogP contribution in [-0.4, -0.2) is 32.2 Å². The van der Waals surface area contributed by atoms with E-state index in [9.17, 15) is 8.42 Å². The lowest BCUT2D eigenvalue weighted by atomic mass is 10.1. The van der Waals surface area contributed by atoms with E-state index in [2.05, 4.69) is 0 Å². The van der Waals surface area contributed by atoms with Crippen LogP contribution < -0.4 is 0 Å². The molecule has 5 heteroatoms. The molecule has 0 radical (unpaired) electrons. The molecule has 112 valence electrons. The first-order valence-electron chi connectivity index (χ1n) is 7.20. The minimum Gasteiger partial charge on any atom is -0.207 e. The molecule has 0 saturated carbocycles. The average Bonchev–Trinajstić information content (AvgIpc) is 2.90. The second kappa shape index (κ2) is 6.92. The first-order valence-corrected chi connectivity index (χ1v) is 9.17. The summed E-state index contributed by atoms with van der Waals surface area (Å²) in [6.07, 6.45) is 5.96. The summed E-state index contributed by atoms with van der Waals surface area (Å²) in [7, 11) is -1.69. The highest BCUT2D eigenvalue weighted by Gasteiger charge is 2.22. The second-order valence-electron chi connectivity index (χ2n) is 5.36. The van der Waals surface area contributed by atoms with Crippen molar-refractivity contribution in [1.82, 2.24) is 4.31 Å². The van der Waals surface area contributed by atoms with Crippen LogP contribution in [0.15, 0.2) is 23.1 Å². The normalized spacial score (nSPS) is 14.8. The molecule has 0 heterocycles. The van der Waals surface area contributed by atoms with E-state index in [4.69, 9.17) is 11.6 Å². The van der Waals surface area contributed by atoms with Crippen LogP contribution in [0.2, 0.25) is 0 Å². The molecule has 0 amide bonds. The summed E-state index contributed by atoms with van der Waals surface area (Å²) in [5.74, 6) is 0.640. The van der Waals surface area contributed by atoms with Gasteiger partial charge in [0.25, 0.3) is 0 Å². The summed E-state index contributed by atoms with van der Waals surface area (Å²) < 4.78 is 26.4. The first kappa shape index (κ1) is 15.8. The molecule has 0 atom stereocenters. The fourth-order valence-electron chi connectivity index (χ4n) is 2.61. The van der Waals surface area contributed by atoms with Crippen molar-refractivity contribution in [3.05, 3.63) is 29.3 Å². The Labute approximate surface area is 127 Å².